The molecule has 0 bridgehead atoms. The zero-order chi connectivity index (χ0) is 14.3. The van der Waals surface area contributed by atoms with Gasteiger partial charge >= 0.3 is 0 Å². The summed E-state index contributed by atoms with van der Waals surface area (Å²) in [5, 5.41) is 0. The van der Waals surface area contributed by atoms with Crippen LogP contribution in [0.2, 0.25) is 0 Å². The summed E-state index contributed by atoms with van der Waals surface area (Å²) in [4.78, 5) is 0.816. The molecule has 0 fully saturated rings. The number of ether oxygens (including phenoxy) is 1. The van der Waals surface area contributed by atoms with Gasteiger partial charge in [-0.15, -0.1) is 0 Å². The Morgan fingerprint density at radius 1 is 1.10 bits per heavy atom. The monoisotopic (exact) mass is 410 g/mol. The Hall–Kier alpha value is -0.710. The number of alkyl halides is 2. The number of fused-ring (bicyclic) bond motifs is 1. The number of rotatable bonds is 1. The molecule has 1 nitrogen and oxygen atoms in total. The van der Waals surface area contributed by atoms with Gasteiger partial charge in [0.1, 0.15) is 5.75 Å². The number of thiocarbonyl (C=S) groups is 1. The summed E-state index contributed by atoms with van der Waals surface area (Å²) in [5.74, 6) is 0.837. The van der Waals surface area contributed by atoms with E-state index in [0.29, 0.717) is 0 Å². The van der Waals surface area contributed by atoms with Crippen LogP contribution in [0.4, 0.5) is 0 Å². The predicted octanol–water partition coefficient (Wildman–Crippen LogP) is 5.33. The molecule has 1 heterocycles. The third-order valence-corrected chi connectivity index (χ3v) is 6.05. The minimum absolute atomic E-state index is 0.202. The van der Waals surface area contributed by atoms with Gasteiger partial charge in [0.05, 0.1) is 4.86 Å². The van der Waals surface area contributed by atoms with Gasteiger partial charge in [0.15, 0.2) is 9.34 Å². The highest BCUT2D eigenvalue weighted by atomic mass is 79.9. The van der Waals surface area contributed by atoms with E-state index >= 15 is 0 Å². The van der Waals surface area contributed by atoms with Gasteiger partial charge in [-0.2, -0.15) is 0 Å². The number of aryl methyl sites for hydroxylation is 1. The van der Waals surface area contributed by atoms with Crippen molar-refractivity contribution in [3.63, 3.8) is 0 Å². The maximum absolute atomic E-state index is 6.18. The molecule has 0 amide bonds. The summed E-state index contributed by atoms with van der Waals surface area (Å²) < 4.78 is 5.61. The smallest absolute Gasteiger partial charge is 0.157 e. The van der Waals surface area contributed by atoms with E-state index in [1.165, 1.54) is 5.56 Å². The first-order chi connectivity index (χ1) is 9.50. The van der Waals surface area contributed by atoms with Crippen LogP contribution in [0.15, 0.2) is 48.5 Å². The fraction of sp³-hybridized carbons (Fsp3) is 0.188. The SMILES string of the molecule is Cc1ccc2c(c1)C(=S)C(Br)(Br)C(c1ccccc1)O2. The van der Waals surface area contributed by atoms with Crippen molar-refractivity contribution in [3.05, 3.63) is 65.2 Å². The Bertz CT molecular complexity index is 667. The van der Waals surface area contributed by atoms with Crippen molar-refractivity contribution in [2.45, 2.75) is 16.3 Å². The summed E-state index contributed by atoms with van der Waals surface area (Å²) >= 11 is 13.1. The maximum Gasteiger partial charge on any atom is 0.157 e. The molecule has 102 valence electrons. The molecule has 3 rings (SSSR count). The van der Waals surface area contributed by atoms with Crippen molar-refractivity contribution in [3.8, 4) is 5.75 Å². The second-order valence-corrected chi connectivity index (χ2v) is 8.83. The molecule has 1 unspecified atom stereocenters. The van der Waals surface area contributed by atoms with E-state index in [1.807, 2.05) is 42.5 Å². The molecular weight excluding hydrogens is 400 g/mol. The summed E-state index contributed by atoms with van der Waals surface area (Å²) in [6.07, 6.45) is -0.202. The Labute approximate surface area is 140 Å². The van der Waals surface area contributed by atoms with Gasteiger partial charge in [-0.05, 0) is 24.6 Å². The number of hydrogen-bond donors (Lipinski definition) is 0. The quantitative estimate of drug-likeness (QED) is 0.463. The minimum atomic E-state index is -0.572. The molecule has 0 radical (unpaired) electrons. The van der Waals surface area contributed by atoms with E-state index in [4.69, 9.17) is 17.0 Å². The highest BCUT2D eigenvalue weighted by molar-refractivity contribution is 9.26. The molecule has 0 saturated heterocycles. The first-order valence-electron chi connectivity index (χ1n) is 6.25. The highest BCUT2D eigenvalue weighted by Gasteiger charge is 2.45. The van der Waals surface area contributed by atoms with E-state index in [9.17, 15) is 0 Å². The van der Waals surface area contributed by atoms with E-state index in [2.05, 4.69) is 44.8 Å². The Balaban J connectivity index is 2.12. The number of halogens is 2. The van der Waals surface area contributed by atoms with Gasteiger partial charge in [-0.3, -0.25) is 0 Å². The van der Waals surface area contributed by atoms with Gasteiger partial charge in [-0.1, -0.05) is 86.0 Å². The van der Waals surface area contributed by atoms with Crippen molar-refractivity contribution in [1.29, 1.82) is 0 Å². The summed E-state index contributed by atoms with van der Waals surface area (Å²) in [6.45, 7) is 2.05. The van der Waals surface area contributed by atoms with E-state index in [0.717, 1.165) is 21.7 Å². The minimum Gasteiger partial charge on any atom is -0.482 e. The molecule has 1 aliphatic heterocycles. The van der Waals surface area contributed by atoms with E-state index < -0.39 is 3.23 Å². The van der Waals surface area contributed by atoms with Gasteiger partial charge in [-0.25, -0.2) is 0 Å². The largest absolute Gasteiger partial charge is 0.482 e. The molecule has 4 heteroatoms. The highest BCUT2D eigenvalue weighted by Crippen LogP contribution is 2.50. The van der Waals surface area contributed by atoms with Crippen molar-refractivity contribution in [1.82, 2.24) is 0 Å². The standard InChI is InChI=1S/C16H12Br2OS/c1-10-7-8-13-12(9-10)15(20)16(17,18)14(19-13)11-5-3-2-4-6-11/h2-9,14H,1H3. The Kier molecular flexibility index (Phi) is 3.73. The van der Waals surface area contributed by atoms with Crippen LogP contribution in [0.5, 0.6) is 5.75 Å². The molecule has 20 heavy (non-hydrogen) atoms. The van der Waals surface area contributed by atoms with Crippen LogP contribution < -0.4 is 4.74 Å². The third-order valence-electron chi connectivity index (χ3n) is 3.36. The molecule has 1 atom stereocenters. The van der Waals surface area contributed by atoms with Gasteiger partial charge in [0.2, 0.25) is 0 Å². The van der Waals surface area contributed by atoms with Crippen LogP contribution in [-0.2, 0) is 0 Å². The fourth-order valence-electron chi connectivity index (χ4n) is 2.33. The first kappa shape index (κ1) is 14.2. The van der Waals surface area contributed by atoms with Crippen LogP contribution >= 0.6 is 44.1 Å². The molecule has 0 spiro atoms. The van der Waals surface area contributed by atoms with Crippen LogP contribution in [0.25, 0.3) is 0 Å². The second kappa shape index (κ2) is 5.24. The van der Waals surface area contributed by atoms with Crippen molar-refractivity contribution in [2.75, 3.05) is 0 Å². The zero-order valence-electron chi connectivity index (χ0n) is 10.8. The molecule has 0 aromatic heterocycles. The lowest BCUT2D eigenvalue weighted by Crippen LogP contribution is -2.39. The maximum atomic E-state index is 6.18. The molecular formula is C16H12Br2OS. The van der Waals surface area contributed by atoms with Gasteiger partial charge in [0, 0.05) is 5.56 Å². The normalized spacial score (nSPS) is 20.1. The average Bonchev–Trinajstić information content (AvgIpc) is 2.44. The second-order valence-electron chi connectivity index (χ2n) is 4.86. The zero-order valence-corrected chi connectivity index (χ0v) is 14.8. The number of benzene rings is 2. The summed E-state index contributed by atoms with van der Waals surface area (Å²) in [7, 11) is 0. The lowest BCUT2D eigenvalue weighted by atomic mass is 9.96. The lowest BCUT2D eigenvalue weighted by molar-refractivity contribution is 0.207. The van der Waals surface area contributed by atoms with Gasteiger partial charge in [0.25, 0.3) is 0 Å². The van der Waals surface area contributed by atoms with Gasteiger partial charge < -0.3 is 4.74 Å². The molecule has 0 saturated carbocycles. The van der Waals surface area contributed by atoms with Crippen LogP contribution in [0.3, 0.4) is 0 Å². The van der Waals surface area contributed by atoms with Crippen LogP contribution in [0, 0.1) is 6.92 Å². The summed E-state index contributed by atoms with van der Waals surface area (Å²) in [5.41, 5.74) is 3.22. The summed E-state index contributed by atoms with van der Waals surface area (Å²) in [6, 6.07) is 16.2. The Morgan fingerprint density at radius 3 is 2.50 bits per heavy atom. The number of hydrogen-bond acceptors (Lipinski definition) is 2. The molecule has 2 aromatic carbocycles. The first-order valence-corrected chi connectivity index (χ1v) is 8.24. The third kappa shape index (κ3) is 2.34. The van der Waals surface area contributed by atoms with Crippen LogP contribution in [0.1, 0.15) is 22.8 Å². The van der Waals surface area contributed by atoms with Crippen LogP contribution in [-0.4, -0.2) is 8.10 Å². The lowest BCUT2D eigenvalue weighted by Gasteiger charge is -2.37. The fourth-order valence-corrected chi connectivity index (χ4v) is 3.74. The average molecular weight is 412 g/mol. The van der Waals surface area contributed by atoms with Crippen molar-refractivity contribution >= 4 is 48.9 Å². The van der Waals surface area contributed by atoms with Crippen molar-refractivity contribution in [2.24, 2.45) is 0 Å². The Morgan fingerprint density at radius 2 is 1.80 bits per heavy atom. The molecule has 0 aliphatic carbocycles. The van der Waals surface area contributed by atoms with Crippen molar-refractivity contribution < 1.29 is 4.74 Å². The molecule has 2 aromatic rings. The predicted molar refractivity (Wildman–Crippen MR) is 93.3 cm³/mol. The van der Waals surface area contributed by atoms with E-state index in [1.54, 1.807) is 0 Å². The molecule has 1 aliphatic rings. The topological polar surface area (TPSA) is 9.23 Å². The molecule has 0 N–H and O–H groups in total. The van der Waals surface area contributed by atoms with E-state index in [-0.39, 0.29) is 6.10 Å².